The number of carbonyl (C=O) groups excluding carboxylic acids is 1. The number of nitrogen functional groups attached to an aromatic ring is 1. The second-order valence-electron chi connectivity index (χ2n) is 4.69. The first kappa shape index (κ1) is 12.0. The molecular weight excluding hydrogens is 216 g/mol. The van der Waals surface area contributed by atoms with Crippen molar-refractivity contribution in [3.05, 3.63) is 12.3 Å². The molecule has 0 bridgehead atoms. The molecule has 0 saturated heterocycles. The van der Waals surface area contributed by atoms with Gasteiger partial charge in [-0.3, -0.25) is 9.48 Å². The fourth-order valence-electron chi connectivity index (χ4n) is 2.31. The van der Waals surface area contributed by atoms with E-state index in [9.17, 15) is 4.79 Å². The van der Waals surface area contributed by atoms with Crippen LogP contribution in [0.2, 0.25) is 0 Å². The van der Waals surface area contributed by atoms with Crippen molar-refractivity contribution in [2.45, 2.75) is 51.1 Å². The third-order valence-electron chi connectivity index (χ3n) is 3.19. The summed E-state index contributed by atoms with van der Waals surface area (Å²) in [6, 6.07) is 2.04. The first-order valence-corrected chi connectivity index (χ1v) is 6.32. The Bertz CT molecular complexity index is 366. The monoisotopic (exact) mass is 236 g/mol. The van der Waals surface area contributed by atoms with Crippen LogP contribution in [-0.4, -0.2) is 21.7 Å². The summed E-state index contributed by atoms with van der Waals surface area (Å²) in [5, 5.41) is 7.07. The van der Waals surface area contributed by atoms with Crippen molar-refractivity contribution in [3.63, 3.8) is 0 Å². The predicted molar refractivity (Wildman–Crippen MR) is 66.3 cm³/mol. The highest BCUT2D eigenvalue weighted by atomic mass is 16.2. The van der Waals surface area contributed by atoms with E-state index in [1.807, 2.05) is 0 Å². The largest absolute Gasteiger partial charge is 0.382 e. The zero-order valence-corrected chi connectivity index (χ0v) is 10.1. The van der Waals surface area contributed by atoms with E-state index in [-0.39, 0.29) is 12.5 Å². The van der Waals surface area contributed by atoms with Crippen LogP contribution in [0.4, 0.5) is 5.82 Å². The van der Waals surface area contributed by atoms with Gasteiger partial charge >= 0.3 is 0 Å². The van der Waals surface area contributed by atoms with Crippen LogP contribution in [0, 0.1) is 0 Å². The molecular formula is C12H20N4O. The molecule has 3 N–H and O–H groups in total. The number of anilines is 1. The summed E-state index contributed by atoms with van der Waals surface area (Å²) >= 11 is 0. The molecule has 5 nitrogen and oxygen atoms in total. The number of nitrogens with two attached hydrogens (primary N) is 1. The molecule has 1 heterocycles. The van der Waals surface area contributed by atoms with Crippen LogP contribution in [0.1, 0.15) is 38.5 Å². The molecule has 0 radical (unpaired) electrons. The SMILES string of the molecule is Nc1ccn(CC(=O)NC2CCCCCC2)n1. The van der Waals surface area contributed by atoms with Gasteiger partial charge in [0.15, 0.2) is 0 Å². The van der Waals surface area contributed by atoms with Gasteiger partial charge in [-0.1, -0.05) is 25.7 Å². The summed E-state index contributed by atoms with van der Waals surface area (Å²) in [5.74, 6) is 0.479. The molecule has 1 amide bonds. The molecule has 1 saturated carbocycles. The van der Waals surface area contributed by atoms with Crippen molar-refractivity contribution < 1.29 is 4.79 Å². The summed E-state index contributed by atoms with van der Waals surface area (Å²) < 4.78 is 1.57. The van der Waals surface area contributed by atoms with Crippen molar-refractivity contribution in [3.8, 4) is 0 Å². The Balaban J connectivity index is 1.80. The lowest BCUT2D eigenvalue weighted by Gasteiger charge is -2.16. The molecule has 5 heteroatoms. The molecule has 1 aliphatic rings. The number of amides is 1. The van der Waals surface area contributed by atoms with Gasteiger partial charge in [-0.2, -0.15) is 5.10 Å². The quantitative estimate of drug-likeness (QED) is 0.777. The highest BCUT2D eigenvalue weighted by Crippen LogP contribution is 2.17. The van der Waals surface area contributed by atoms with Crippen molar-refractivity contribution in [2.24, 2.45) is 0 Å². The summed E-state index contributed by atoms with van der Waals surface area (Å²) in [6.45, 7) is 0.258. The topological polar surface area (TPSA) is 72.9 Å². The van der Waals surface area contributed by atoms with Crippen molar-refractivity contribution >= 4 is 11.7 Å². The van der Waals surface area contributed by atoms with Gasteiger partial charge in [-0.15, -0.1) is 0 Å². The fourth-order valence-corrected chi connectivity index (χ4v) is 2.31. The Kier molecular flexibility index (Phi) is 4.01. The molecule has 94 valence electrons. The molecule has 1 fully saturated rings. The summed E-state index contributed by atoms with van der Waals surface area (Å²) in [7, 11) is 0. The Morgan fingerprint density at radius 1 is 1.41 bits per heavy atom. The van der Waals surface area contributed by atoms with Crippen LogP contribution in [0.15, 0.2) is 12.3 Å². The third kappa shape index (κ3) is 3.76. The van der Waals surface area contributed by atoms with Gasteiger partial charge < -0.3 is 11.1 Å². The number of nitrogens with zero attached hydrogens (tertiary/aromatic N) is 2. The maximum Gasteiger partial charge on any atom is 0.241 e. The summed E-state index contributed by atoms with van der Waals surface area (Å²) in [5.41, 5.74) is 5.50. The highest BCUT2D eigenvalue weighted by molar-refractivity contribution is 5.76. The highest BCUT2D eigenvalue weighted by Gasteiger charge is 2.14. The van der Waals surface area contributed by atoms with Gasteiger partial charge in [-0.05, 0) is 18.9 Å². The van der Waals surface area contributed by atoms with Crippen molar-refractivity contribution in [2.75, 3.05) is 5.73 Å². The average Bonchev–Trinajstić information content (AvgIpc) is 2.53. The normalized spacial score (nSPS) is 17.6. The van der Waals surface area contributed by atoms with E-state index < -0.39 is 0 Å². The van der Waals surface area contributed by atoms with Crippen LogP contribution in [0.3, 0.4) is 0 Å². The standard InChI is InChI=1S/C12H20N4O/c13-11-7-8-16(15-11)9-12(17)14-10-5-3-1-2-4-6-10/h7-8,10H,1-6,9H2,(H2,13,15)(H,14,17). The minimum absolute atomic E-state index is 0.0278. The van der Waals surface area contributed by atoms with E-state index >= 15 is 0 Å². The molecule has 1 aliphatic carbocycles. The second kappa shape index (κ2) is 5.70. The van der Waals surface area contributed by atoms with Crippen LogP contribution >= 0.6 is 0 Å². The minimum Gasteiger partial charge on any atom is -0.382 e. The smallest absolute Gasteiger partial charge is 0.241 e. The van der Waals surface area contributed by atoms with Crippen molar-refractivity contribution in [1.82, 2.24) is 15.1 Å². The molecule has 17 heavy (non-hydrogen) atoms. The molecule has 1 aromatic rings. The van der Waals surface area contributed by atoms with Gasteiger partial charge in [0.25, 0.3) is 0 Å². The van der Waals surface area contributed by atoms with Gasteiger partial charge in [0.2, 0.25) is 5.91 Å². The number of nitrogens with one attached hydrogen (secondary N) is 1. The zero-order chi connectivity index (χ0) is 12.1. The van der Waals surface area contributed by atoms with Gasteiger partial charge in [0, 0.05) is 12.2 Å². The Labute approximate surface area is 101 Å². The fraction of sp³-hybridized carbons (Fsp3) is 0.667. The molecule has 0 spiro atoms. The average molecular weight is 236 g/mol. The maximum atomic E-state index is 11.8. The van der Waals surface area contributed by atoms with Gasteiger partial charge in [0.1, 0.15) is 12.4 Å². The molecule has 0 unspecified atom stereocenters. The number of rotatable bonds is 3. The first-order valence-electron chi connectivity index (χ1n) is 6.32. The van der Waals surface area contributed by atoms with Crippen LogP contribution in [0.25, 0.3) is 0 Å². The van der Waals surface area contributed by atoms with Gasteiger partial charge in [-0.25, -0.2) is 0 Å². The van der Waals surface area contributed by atoms with Crippen molar-refractivity contribution in [1.29, 1.82) is 0 Å². The molecule has 0 aromatic carbocycles. The first-order chi connectivity index (χ1) is 8.24. The lowest BCUT2D eigenvalue weighted by Crippen LogP contribution is -2.36. The summed E-state index contributed by atoms with van der Waals surface area (Å²) in [4.78, 5) is 11.8. The van der Waals surface area contributed by atoms with E-state index in [4.69, 9.17) is 5.73 Å². The summed E-state index contributed by atoms with van der Waals surface area (Å²) in [6.07, 6.45) is 8.96. The van der Waals surface area contributed by atoms with Crippen LogP contribution in [0.5, 0.6) is 0 Å². The molecule has 0 atom stereocenters. The predicted octanol–water partition coefficient (Wildman–Crippen LogP) is 1.30. The number of hydrogen-bond donors (Lipinski definition) is 2. The van der Waals surface area contributed by atoms with E-state index in [0.29, 0.717) is 11.9 Å². The minimum atomic E-state index is 0.0278. The zero-order valence-electron chi connectivity index (χ0n) is 10.1. The Morgan fingerprint density at radius 3 is 2.71 bits per heavy atom. The number of hydrogen-bond acceptors (Lipinski definition) is 3. The van der Waals surface area contributed by atoms with E-state index in [2.05, 4.69) is 10.4 Å². The third-order valence-corrected chi connectivity index (χ3v) is 3.19. The Hall–Kier alpha value is -1.52. The second-order valence-corrected chi connectivity index (χ2v) is 4.69. The molecule has 0 aliphatic heterocycles. The maximum absolute atomic E-state index is 11.8. The van der Waals surface area contributed by atoms with Crippen LogP contribution in [-0.2, 0) is 11.3 Å². The van der Waals surface area contributed by atoms with E-state index in [1.54, 1.807) is 16.9 Å². The van der Waals surface area contributed by atoms with Crippen LogP contribution < -0.4 is 11.1 Å². The molecule has 1 aromatic heterocycles. The number of carbonyl (C=O) groups is 1. The van der Waals surface area contributed by atoms with Gasteiger partial charge in [0.05, 0.1) is 0 Å². The van der Waals surface area contributed by atoms with E-state index in [0.717, 1.165) is 12.8 Å². The molecule has 2 rings (SSSR count). The Morgan fingerprint density at radius 2 is 2.12 bits per heavy atom. The number of aromatic nitrogens is 2. The lowest BCUT2D eigenvalue weighted by molar-refractivity contribution is -0.122. The lowest BCUT2D eigenvalue weighted by atomic mass is 10.1. The van der Waals surface area contributed by atoms with E-state index in [1.165, 1.54) is 25.7 Å².